The fourth-order valence-electron chi connectivity index (χ4n) is 2.70. The third-order valence-corrected chi connectivity index (χ3v) is 3.61. The zero-order valence-electron chi connectivity index (χ0n) is 11.5. The summed E-state index contributed by atoms with van der Waals surface area (Å²) in [5, 5.41) is 7.28. The molecule has 2 N–H and O–H groups in total. The smallest absolute Gasteiger partial charge is 0.0312 e. The Labute approximate surface area is 110 Å². The summed E-state index contributed by atoms with van der Waals surface area (Å²) in [5.74, 6) is 0. The first kappa shape index (κ1) is 13.5. The summed E-state index contributed by atoms with van der Waals surface area (Å²) >= 11 is 0. The molecule has 0 radical (unpaired) electrons. The van der Waals surface area contributed by atoms with Gasteiger partial charge in [-0.25, -0.2) is 0 Å². The fourth-order valence-corrected chi connectivity index (χ4v) is 2.70. The minimum Gasteiger partial charge on any atom is -0.312 e. The standard InChI is InChI=1S/C15H25N3/c1-12(2)18-15-7-5-14(6-8-15)17-11-13-4-3-9-16-10-13/h3-4,9-10,12,14-15,17-18H,5-8,11H2,1-2H3/t14-,15+. The van der Waals surface area contributed by atoms with E-state index < -0.39 is 0 Å². The van der Waals surface area contributed by atoms with Crippen LogP contribution in [0.3, 0.4) is 0 Å². The van der Waals surface area contributed by atoms with Gasteiger partial charge in [-0.2, -0.15) is 0 Å². The Bertz CT molecular complexity index is 329. The average molecular weight is 247 g/mol. The number of rotatable bonds is 5. The van der Waals surface area contributed by atoms with Crippen LogP contribution in [0.15, 0.2) is 24.5 Å². The summed E-state index contributed by atoms with van der Waals surface area (Å²) in [6, 6.07) is 6.14. The SMILES string of the molecule is CC(C)N[C@H]1CC[C@@H](NCc2cccnc2)CC1. The van der Waals surface area contributed by atoms with E-state index in [4.69, 9.17) is 0 Å². The molecule has 1 aliphatic rings. The molecule has 0 spiro atoms. The Morgan fingerprint density at radius 3 is 2.56 bits per heavy atom. The van der Waals surface area contributed by atoms with Crippen molar-refractivity contribution in [3.05, 3.63) is 30.1 Å². The van der Waals surface area contributed by atoms with Crippen molar-refractivity contribution in [2.24, 2.45) is 0 Å². The minimum absolute atomic E-state index is 0.606. The number of hydrogen-bond donors (Lipinski definition) is 2. The maximum atomic E-state index is 4.14. The molecule has 18 heavy (non-hydrogen) atoms. The van der Waals surface area contributed by atoms with E-state index in [0.717, 1.165) is 12.6 Å². The highest BCUT2D eigenvalue weighted by Gasteiger charge is 2.20. The normalized spacial score (nSPS) is 24.4. The van der Waals surface area contributed by atoms with Crippen LogP contribution in [0.5, 0.6) is 0 Å². The Morgan fingerprint density at radius 2 is 1.94 bits per heavy atom. The van der Waals surface area contributed by atoms with Crippen molar-refractivity contribution >= 4 is 0 Å². The van der Waals surface area contributed by atoms with E-state index in [0.29, 0.717) is 12.1 Å². The highest BCUT2D eigenvalue weighted by molar-refractivity contribution is 5.08. The zero-order chi connectivity index (χ0) is 12.8. The molecule has 3 nitrogen and oxygen atoms in total. The molecule has 0 aromatic carbocycles. The molecule has 0 atom stereocenters. The summed E-state index contributed by atoms with van der Waals surface area (Å²) in [5.41, 5.74) is 1.28. The van der Waals surface area contributed by atoms with Crippen LogP contribution < -0.4 is 10.6 Å². The molecule has 1 aromatic rings. The van der Waals surface area contributed by atoms with Crippen molar-refractivity contribution < 1.29 is 0 Å². The van der Waals surface area contributed by atoms with Crippen molar-refractivity contribution in [1.82, 2.24) is 15.6 Å². The van der Waals surface area contributed by atoms with Gasteiger partial charge in [0.25, 0.3) is 0 Å². The second kappa shape index (κ2) is 6.86. The van der Waals surface area contributed by atoms with E-state index in [1.165, 1.54) is 31.2 Å². The number of nitrogens with one attached hydrogen (secondary N) is 2. The molecule has 100 valence electrons. The van der Waals surface area contributed by atoms with E-state index >= 15 is 0 Å². The molecule has 0 bridgehead atoms. The predicted molar refractivity (Wildman–Crippen MR) is 75.4 cm³/mol. The predicted octanol–water partition coefficient (Wildman–Crippen LogP) is 2.48. The average Bonchev–Trinajstić information content (AvgIpc) is 2.38. The molecule has 1 heterocycles. The zero-order valence-corrected chi connectivity index (χ0v) is 11.5. The number of pyridine rings is 1. The van der Waals surface area contributed by atoms with Crippen molar-refractivity contribution in [2.45, 2.75) is 64.2 Å². The van der Waals surface area contributed by atoms with Gasteiger partial charge in [0, 0.05) is 37.1 Å². The van der Waals surface area contributed by atoms with Crippen LogP contribution in [0.1, 0.15) is 45.1 Å². The maximum Gasteiger partial charge on any atom is 0.0312 e. The largest absolute Gasteiger partial charge is 0.312 e. The van der Waals surface area contributed by atoms with Gasteiger partial charge in [0.2, 0.25) is 0 Å². The fraction of sp³-hybridized carbons (Fsp3) is 0.667. The molecule has 1 fully saturated rings. The van der Waals surface area contributed by atoms with Crippen LogP contribution in [0.2, 0.25) is 0 Å². The summed E-state index contributed by atoms with van der Waals surface area (Å²) in [4.78, 5) is 4.14. The van der Waals surface area contributed by atoms with Crippen molar-refractivity contribution in [2.75, 3.05) is 0 Å². The first-order chi connectivity index (χ1) is 8.74. The molecule has 0 aliphatic heterocycles. The molecule has 0 amide bonds. The monoisotopic (exact) mass is 247 g/mol. The minimum atomic E-state index is 0.606. The van der Waals surface area contributed by atoms with E-state index in [-0.39, 0.29) is 0 Å². The van der Waals surface area contributed by atoms with Crippen LogP contribution >= 0.6 is 0 Å². The van der Waals surface area contributed by atoms with Crippen LogP contribution in [-0.2, 0) is 6.54 Å². The van der Waals surface area contributed by atoms with Crippen molar-refractivity contribution in [3.63, 3.8) is 0 Å². The molecule has 1 aliphatic carbocycles. The first-order valence-electron chi connectivity index (χ1n) is 7.12. The summed E-state index contributed by atoms with van der Waals surface area (Å²) in [7, 11) is 0. The maximum absolute atomic E-state index is 4.14. The van der Waals surface area contributed by atoms with Crippen LogP contribution in [-0.4, -0.2) is 23.1 Å². The lowest BCUT2D eigenvalue weighted by atomic mass is 9.90. The quantitative estimate of drug-likeness (QED) is 0.839. The van der Waals surface area contributed by atoms with Gasteiger partial charge in [-0.15, -0.1) is 0 Å². The summed E-state index contributed by atoms with van der Waals surface area (Å²) < 4.78 is 0. The van der Waals surface area contributed by atoms with Crippen molar-refractivity contribution in [3.8, 4) is 0 Å². The Hall–Kier alpha value is -0.930. The molecule has 3 heteroatoms. The third kappa shape index (κ3) is 4.39. The van der Waals surface area contributed by atoms with E-state index in [1.54, 1.807) is 0 Å². The first-order valence-corrected chi connectivity index (χ1v) is 7.12. The van der Waals surface area contributed by atoms with Crippen LogP contribution in [0, 0.1) is 0 Å². The molecule has 0 saturated heterocycles. The van der Waals surface area contributed by atoms with Gasteiger partial charge in [-0.3, -0.25) is 4.98 Å². The van der Waals surface area contributed by atoms with Crippen LogP contribution in [0.25, 0.3) is 0 Å². The van der Waals surface area contributed by atoms with Gasteiger partial charge in [0.15, 0.2) is 0 Å². The second-order valence-corrected chi connectivity index (χ2v) is 5.61. The second-order valence-electron chi connectivity index (χ2n) is 5.61. The molecule has 0 unspecified atom stereocenters. The van der Waals surface area contributed by atoms with Gasteiger partial charge in [-0.05, 0) is 37.3 Å². The van der Waals surface area contributed by atoms with Crippen molar-refractivity contribution in [1.29, 1.82) is 0 Å². The topological polar surface area (TPSA) is 37.0 Å². The highest BCUT2D eigenvalue weighted by Crippen LogP contribution is 2.19. The lowest BCUT2D eigenvalue weighted by Crippen LogP contribution is -2.42. The molecule has 1 saturated carbocycles. The lowest BCUT2D eigenvalue weighted by molar-refractivity contribution is 0.295. The molecule has 1 aromatic heterocycles. The van der Waals surface area contributed by atoms with Gasteiger partial charge in [0.05, 0.1) is 0 Å². The molecular formula is C15H25N3. The van der Waals surface area contributed by atoms with Gasteiger partial charge in [0.1, 0.15) is 0 Å². The number of hydrogen-bond acceptors (Lipinski definition) is 3. The Balaban J connectivity index is 1.68. The Morgan fingerprint density at radius 1 is 1.22 bits per heavy atom. The Kier molecular flexibility index (Phi) is 5.14. The van der Waals surface area contributed by atoms with Crippen LogP contribution in [0.4, 0.5) is 0 Å². The van der Waals surface area contributed by atoms with Gasteiger partial charge >= 0.3 is 0 Å². The summed E-state index contributed by atoms with van der Waals surface area (Å²) in [6.45, 7) is 5.40. The third-order valence-electron chi connectivity index (χ3n) is 3.61. The lowest BCUT2D eigenvalue weighted by Gasteiger charge is -2.31. The van der Waals surface area contributed by atoms with Gasteiger partial charge < -0.3 is 10.6 Å². The number of aromatic nitrogens is 1. The summed E-state index contributed by atoms with van der Waals surface area (Å²) in [6.07, 6.45) is 8.92. The molecular weight excluding hydrogens is 222 g/mol. The van der Waals surface area contributed by atoms with Gasteiger partial charge in [-0.1, -0.05) is 19.9 Å². The highest BCUT2D eigenvalue weighted by atomic mass is 15.0. The van der Waals surface area contributed by atoms with E-state index in [2.05, 4.69) is 35.5 Å². The van der Waals surface area contributed by atoms with E-state index in [1.807, 2.05) is 18.5 Å². The molecule has 2 rings (SSSR count). The van der Waals surface area contributed by atoms with E-state index in [9.17, 15) is 0 Å². The number of nitrogens with zero attached hydrogens (tertiary/aromatic N) is 1.